The Morgan fingerprint density at radius 2 is 2.11 bits per heavy atom. The second kappa shape index (κ2) is 6.03. The molecule has 0 unspecified atom stereocenters. The highest BCUT2D eigenvalue weighted by atomic mass is 16.5. The number of hydrogen-bond donors (Lipinski definition) is 1. The van der Waals surface area contributed by atoms with Crippen molar-refractivity contribution >= 4 is 5.91 Å². The van der Waals surface area contributed by atoms with E-state index in [1.54, 1.807) is 29.2 Å². The molecule has 5 nitrogen and oxygen atoms in total. The molecule has 5 heteroatoms. The Labute approximate surface area is 106 Å². The molecule has 0 radical (unpaired) electrons. The van der Waals surface area contributed by atoms with Crippen LogP contribution in [0.1, 0.15) is 5.56 Å². The molecule has 94 valence electrons. The third kappa shape index (κ3) is 2.99. The van der Waals surface area contributed by atoms with Crippen molar-refractivity contribution in [3.05, 3.63) is 29.8 Å². The predicted molar refractivity (Wildman–Crippen MR) is 66.1 cm³/mol. The number of hydrogen-bond acceptors (Lipinski definition) is 4. The summed E-state index contributed by atoms with van der Waals surface area (Å²) in [5.41, 5.74) is 0.450. The van der Waals surface area contributed by atoms with Gasteiger partial charge in [0.1, 0.15) is 11.8 Å². The van der Waals surface area contributed by atoms with Gasteiger partial charge in [-0.1, -0.05) is 12.1 Å². The highest BCUT2D eigenvalue weighted by molar-refractivity contribution is 5.78. The quantitative estimate of drug-likeness (QED) is 0.835. The minimum atomic E-state index is -0.0377. The number of nitrogens with zero attached hydrogens (tertiary/aromatic N) is 2. The Hall–Kier alpha value is -2.06. The second-order valence-corrected chi connectivity index (χ2v) is 4.03. The molecule has 1 saturated heterocycles. The summed E-state index contributed by atoms with van der Waals surface area (Å²) in [6, 6.07) is 8.96. The molecule has 0 bridgehead atoms. The van der Waals surface area contributed by atoms with E-state index >= 15 is 0 Å². The van der Waals surface area contributed by atoms with E-state index in [0.717, 1.165) is 13.1 Å². The largest absolute Gasteiger partial charge is 0.482 e. The number of nitriles is 1. The van der Waals surface area contributed by atoms with Crippen LogP contribution in [-0.2, 0) is 4.79 Å². The Morgan fingerprint density at radius 1 is 1.39 bits per heavy atom. The number of ether oxygens (including phenoxy) is 1. The molecule has 0 aliphatic carbocycles. The van der Waals surface area contributed by atoms with E-state index in [1.165, 1.54) is 0 Å². The van der Waals surface area contributed by atoms with Gasteiger partial charge in [0.05, 0.1) is 5.56 Å². The summed E-state index contributed by atoms with van der Waals surface area (Å²) in [4.78, 5) is 13.6. The van der Waals surface area contributed by atoms with E-state index in [4.69, 9.17) is 10.00 Å². The highest BCUT2D eigenvalue weighted by Gasteiger charge is 2.16. The summed E-state index contributed by atoms with van der Waals surface area (Å²) in [7, 11) is 0. The molecule has 1 aromatic rings. The van der Waals surface area contributed by atoms with Gasteiger partial charge in [0.2, 0.25) is 0 Å². The SMILES string of the molecule is N#Cc1ccccc1OCC(=O)N1CCNCC1. The van der Waals surface area contributed by atoms with Crippen LogP contribution in [0.5, 0.6) is 5.75 Å². The number of amides is 1. The Balaban J connectivity index is 1.91. The van der Waals surface area contributed by atoms with Crippen LogP contribution in [0.4, 0.5) is 0 Å². The fraction of sp³-hybridized carbons (Fsp3) is 0.385. The first-order valence-electron chi connectivity index (χ1n) is 5.91. The Bertz CT molecular complexity index is 462. The van der Waals surface area contributed by atoms with Gasteiger partial charge in [-0.2, -0.15) is 5.26 Å². The molecule has 0 atom stereocenters. The molecule has 18 heavy (non-hydrogen) atoms. The molecule has 0 aromatic heterocycles. The zero-order valence-corrected chi connectivity index (χ0v) is 10.1. The fourth-order valence-corrected chi connectivity index (χ4v) is 1.83. The molecule has 1 aliphatic heterocycles. The monoisotopic (exact) mass is 245 g/mol. The van der Waals surface area contributed by atoms with E-state index in [1.807, 2.05) is 6.07 Å². The van der Waals surface area contributed by atoms with Crippen molar-refractivity contribution in [3.63, 3.8) is 0 Å². The molecule has 1 heterocycles. The van der Waals surface area contributed by atoms with Gasteiger partial charge < -0.3 is 15.0 Å². The van der Waals surface area contributed by atoms with Crippen LogP contribution in [0, 0.1) is 11.3 Å². The van der Waals surface area contributed by atoms with E-state index in [0.29, 0.717) is 24.4 Å². The topological polar surface area (TPSA) is 65.4 Å². The lowest BCUT2D eigenvalue weighted by atomic mass is 10.2. The van der Waals surface area contributed by atoms with Crippen molar-refractivity contribution in [3.8, 4) is 11.8 Å². The molecule has 1 aliphatic rings. The van der Waals surface area contributed by atoms with E-state index in [9.17, 15) is 4.79 Å². The van der Waals surface area contributed by atoms with Gasteiger partial charge in [-0.05, 0) is 12.1 Å². The van der Waals surface area contributed by atoms with Crippen LogP contribution in [0.3, 0.4) is 0 Å². The molecule has 1 fully saturated rings. The van der Waals surface area contributed by atoms with Gasteiger partial charge >= 0.3 is 0 Å². The van der Waals surface area contributed by atoms with Crippen LogP contribution < -0.4 is 10.1 Å². The third-order valence-electron chi connectivity index (χ3n) is 2.83. The number of nitrogens with one attached hydrogen (secondary N) is 1. The Kier molecular flexibility index (Phi) is 4.15. The summed E-state index contributed by atoms with van der Waals surface area (Å²) >= 11 is 0. The smallest absolute Gasteiger partial charge is 0.260 e. The molecule has 1 N–H and O–H groups in total. The minimum absolute atomic E-state index is 0.0152. The van der Waals surface area contributed by atoms with Gasteiger partial charge in [-0.15, -0.1) is 0 Å². The molecular weight excluding hydrogens is 230 g/mol. The molecule has 1 amide bonds. The van der Waals surface area contributed by atoms with Crippen molar-refractivity contribution in [1.82, 2.24) is 10.2 Å². The van der Waals surface area contributed by atoms with Gasteiger partial charge in [0, 0.05) is 26.2 Å². The summed E-state index contributed by atoms with van der Waals surface area (Å²) < 4.78 is 5.41. The van der Waals surface area contributed by atoms with Crippen molar-refractivity contribution < 1.29 is 9.53 Å². The van der Waals surface area contributed by atoms with Gasteiger partial charge in [-0.3, -0.25) is 4.79 Å². The summed E-state index contributed by atoms with van der Waals surface area (Å²) in [5, 5.41) is 12.1. The third-order valence-corrected chi connectivity index (χ3v) is 2.83. The lowest BCUT2D eigenvalue weighted by Gasteiger charge is -2.27. The first-order valence-corrected chi connectivity index (χ1v) is 5.91. The first kappa shape index (κ1) is 12.4. The van der Waals surface area contributed by atoms with Crippen molar-refractivity contribution in [2.45, 2.75) is 0 Å². The maximum absolute atomic E-state index is 11.9. The van der Waals surface area contributed by atoms with Crippen LogP contribution in [0.25, 0.3) is 0 Å². The predicted octanol–water partition coefficient (Wildman–Crippen LogP) is 0.369. The fourth-order valence-electron chi connectivity index (χ4n) is 1.83. The van der Waals surface area contributed by atoms with E-state index in [2.05, 4.69) is 5.32 Å². The summed E-state index contributed by atoms with van der Waals surface area (Å²) in [6.07, 6.45) is 0. The molecular formula is C13H15N3O2. The average molecular weight is 245 g/mol. The first-order chi connectivity index (χ1) is 8.81. The maximum Gasteiger partial charge on any atom is 0.260 e. The zero-order valence-electron chi connectivity index (χ0n) is 10.1. The lowest BCUT2D eigenvalue weighted by Crippen LogP contribution is -2.47. The number of piperazine rings is 1. The Morgan fingerprint density at radius 3 is 2.83 bits per heavy atom. The summed E-state index contributed by atoms with van der Waals surface area (Å²) in [6.45, 7) is 3.05. The normalized spacial score (nSPS) is 14.9. The van der Waals surface area contributed by atoms with Crippen molar-refractivity contribution in [2.24, 2.45) is 0 Å². The minimum Gasteiger partial charge on any atom is -0.482 e. The molecule has 1 aromatic carbocycles. The second-order valence-electron chi connectivity index (χ2n) is 4.03. The number of carbonyl (C=O) groups excluding carboxylic acids is 1. The van der Waals surface area contributed by atoms with Crippen LogP contribution in [-0.4, -0.2) is 43.6 Å². The van der Waals surface area contributed by atoms with Crippen molar-refractivity contribution in [2.75, 3.05) is 32.8 Å². The van der Waals surface area contributed by atoms with Crippen LogP contribution >= 0.6 is 0 Å². The highest BCUT2D eigenvalue weighted by Crippen LogP contribution is 2.16. The molecule has 2 rings (SSSR count). The van der Waals surface area contributed by atoms with Crippen LogP contribution in [0.15, 0.2) is 24.3 Å². The molecule has 0 saturated carbocycles. The van der Waals surface area contributed by atoms with Gasteiger partial charge in [-0.25, -0.2) is 0 Å². The number of benzene rings is 1. The standard InChI is InChI=1S/C13H15N3O2/c14-9-11-3-1-2-4-12(11)18-10-13(17)16-7-5-15-6-8-16/h1-4,15H,5-8,10H2. The number of rotatable bonds is 3. The summed E-state index contributed by atoms with van der Waals surface area (Å²) in [5.74, 6) is 0.424. The van der Waals surface area contributed by atoms with Gasteiger partial charge in [0.25, 0.3) is 5.91 Å². The average Bonchev–Trinajstić information content (AvgIpc) is 2.46. The van der Waals surface area contributed by atoms with Crippen LogP contribution in [0.2, 0.25) is 0 Å². The van der Waals surface area contributed by atoms with Crippen molar-refractivity contribution in [1.29, 1.82) is 5.26 Å². The number of carbonyl (C=O) groups is 1. The lowest BCUT2D eigenvalue weighted by molar-refractivity contribution is -0.133. The number of para-hydroxylation sites is 1. The van der Waals surface area contributed by atoms with E-state index in [-0.39, 0.29) is 12.5 Å². The maximum atomic E-state index is 11.9. The molecule has 0 spiro atoms. The zero-order chi connectivity index (χ0) is 12.8. The van der Waals surface area contributed by atoms with Gasteiger partial charge in [0.15, 0.2) is 6.61 Å². The van der Waals surface area contributed by atoms with E-state index < -0.39 is 0 Å².